The zero-order valence-electron chi connectivity index (χ0n) is 33.0. The minimum absolute atomic E-state index is 0.309. The molecule has 0 bridgehead atoms. The van der Waals surface area contributed by atoms with Crippen LogP contribution in [-0.2, 0) is 6.42 Å². The average Bonchev–Trinajstić information content (AvgIpc) is 3.86. The van der Waals surface area contributed by atoms with Crippen LogP contribution < -0.4 is 9.75 Å². The molecular weight excluding hydrogens is 727 g/mol. The highest BCUT2D eigenvalue weighted by Crippen LogP contribution is 2.50. The summed E-state index contributed by atoms with van der Waals surface area (Å²) in [7, 11) is 0. The van der Waals surface area contributed by atoms with E-state index >= 15 is 0 Å². The number of thioether (sulfide) groups is 1. The predicted octanol–water partition coefficient (Wildman–Crippen LogP) is 12.5. The van der Waals surface area contributed by atoms with Gasteiger partial charge in [0.05, 0.1) is 10.6 Å². The van der Waals surface area contributed by atoms with Gasteiger partial charge in [0.25, 0.3) is 0 Å². The third-order valence-corrected chi connectivity index (χ3v) is 16.6. The minimum Gasteiger partial charge on any atom is -0.337 e. The van der Waals surface area contributed by atoms with E-state index in [0.717, 1.165) is 64.2 Å². The second kappa shape index (κ2) is 15.5. The average molecular weight is 780 g/mol. The molecule has 0 spiro atoms. The summed E-state index contributed by atoms with van der Waals surface area (Å²) in [4.78, 5) is 5.83. The molecule has 1 aliphatic heterocycles. The van der Waals surface area contributed by atoms with Crippen molar-refractivity contribution < 1.29 is 0 Å². The van der Waals surface area contributed by atoms with Crippen molar-refractivity contribution in [1.29, 1.82) is 0 Å². The van der Waals surface area contributed by atoms with Crippen molar-refractivity contribution in [2.75, 3.05) is 0 Å². The molecule has 2 heterocycles. The number of hydrogen-bond donors (Lipinski definition) is 0. The molecule has 0 N–H and O–H groups in total. The Morgan fingerprint density at radius 2 is 1.40 bits per heavy atom. The predicted molar refractivity (Wildman–Crippen MR) is 245 cm³/mol. The number of thiophene rings is 1. The molecule has 286 valence electrons. The first kappa shape index (κ1) is 35.8. The van der Waals surface area contributed by atoms with Gasteiger partial charge in [-0.05, 0) is 127 Å². The standard InChI is InChI=1S/C54H53NS2/c1-3-11-36(12-4-1)38-25-30-43(31-26-38)55(50-19-10-18-48-47-17-9-16-45(53(47)57-54(48)50)41-13-5-2-6-14-41)44-32-27-39(28-33-44)37-21-23-40(24-22-37)42-29-34-52-49(35-42)46-15-7-8-20-51(46)56-52/h1,3-5,8,11,13-14,16,18,20-23,25-27,29-30,32-36,39-40,43,49,52H,2,6-7,9-10,12,15,17,19,24,28,31H2. The Morgan fingerprint density at radius 1 is 0.579 bits per heavy atom. The zero-order valence-corrected chi connectivity index (χ0v) is 34.6. The normalized spacial score (nSPS) is 30.7. The van der Waals surface area contributed by atoms with E-state index in [2.05, 4.69) is 168 Å². The SMILES string of the molecule is C1=CCC(C2=CCC(N(C3=CCC(C4=CCC(C5=CC6C7=C(C=CCC7)SC6C=C5)C=C4)C=C3)C3=c4sc5c(c4=CCC3)CCC=C5C3=CCCC=C3)C=C2)C=C1. The van der Waals surface area contributed by atoms with Gasteiger partial charge in [-0.15, -0.1) is 23.1 Å². The van der Waals surface area contributed by atoms with E-state index in [9.17, 15) is 0 Å². The van der Waals surface area contributed by atoms with Gasteiger partial charge in [-0.1, -0.05) is 134 Å². The quantitative estimate of drug-likeness (QED) is 0.271. The lowest BCUT2D eigenvalue weighted by Gasteiger charge is -2.38. The Bertz CT molecular complexity index is 2480. The molecule has 9 aliphatic carbocycles. The second-order valence-electron chi connectivity index (χ2n) is 17.2. The Balaban J connectivity index is 0.874. The van der Waals surface area contributed by atoms with E-state index in [1.54, 1.807) is 11.1 Å². The van der Waals surface area contributed by atoms with Gasteiger partial charge in [0.1, 0.15) is 0 Å². The molecule has 0 fully saturated rings. The van der Waals surface area contributed by atoms with Gasteiger partial charge in [0, 0.05) is 50.1 Å². The number of rotatable bonds is 7. The van der Waals surface area contributed by atoms with Gasteiger partial charge in [0.15, 0.2) is 0 Å². The van der Waals surface area contributed by atoms with Crippen LogP contribution in [0.3, 0.4) is 0 Å². The number of allylic oxidation sites excluding steroid dienone is 25. The van der Waals surface area contributed by atoms with Gasteiger partial charge in [-0.2, -0.15) is 0 Å². The zero-order chi connectivity index (χ0) is 37.7. The molecule has 57 heavy (non-hydrogen) atoms. The molecule has 1 nitrogen and oxygen atoms in total. The highest BCUT2D eigenvalue weighted by Gasteiger charge is 2.35. The fourth-order valence-corrected chi connectivity index (χ4v) is 13.7. The van der Waals surface area contributed by atoms with Crippen molar-refractivity contribution in [3.63, 3.8) is 0 Å². The summed E-state index contributed by atoms with van der Waals surface area (Å²) in [6.45, 7) is 0. The molecule has 10 aliphatic rings. The van der Waals surface area contributed by atoms with E-state index < -0.39 is 0 Å². The van der Waals surface area contributed by atoms with Crippen molar-refractivity contribution >= 4 is 40.4 Å². The highest BCUT2D eigenvalue weighted by atomic mass is 32.2. The van der Waals surface area contributed by atoms with Gasteiger partial charge >= 0.3 is 0 Å². The Hall–Kier alpha value is -4.31. The van der Waals surface area contributed by atoms with Crippen LogP contribution in [0, 0.1) is 23.7 Å². The molecule has 0 saturated carbocycles. The lowest BCUT2D eigenvalue weighted by atomic mass is 9.79. The maximum absolute atomic E-state index is 2.77. The summed E-state index contributed by atoms with van der Waals surface area (Å²) in [5.41, 5.74) is 13.6. The van der Waals surface area contributed by atoms with E-state index in [1.165, 1.54) is 71.6 Å². The van der Waals surface area contributed by atoms with E-state index in [-0.39, 0.29) is 0 Å². The molecule has 0 aromatic carbocycles. The fraction of sp³-hybridized carbons (Fsp3) is 0.333. The van der Waals surface area contributed by atoms with Crippen molar-refractivity contribution in [2.24, 2.45) is 23.7 Å². The van der Waals surface area contributed by atoms with E-state index in [0.29, 0.717) is 35.0 Å². The van der Waals surface area contributed by atoms with Crippen molar-refractivity contribution in [1.82, 2.24) is 4.90 Å². The van der Waals surface area contributed by atoms with Gasteiger partial charge in [-0.3, -0.25) is 0 Å². The Labute approximate surface area is 347 Å². The molecule has 6 atom stereocenters. The summed E-state index contributed by atoms with van der Waals surface area (Å²) >= 11 is 4.15. The first-order valence-corrected chi connectivity index (χ1v) is 23.6. The lowest BCUT2D eigenvalue weighted by molar-refractivity contribution is 0.403. The van der Waals surface area contributed by atoms with Crippen molar-refractivity contribution in [2.45, 2.75) is 88.3 Å². The third kappa shape index (κ3) is 6.73. The van der Waals surface area contributed by atoms with E-state index in [4.69, 9.17) is 0 Å². The van der Waals surface area contributed by atoms with Crippen molar-refractivity contribution in [3.05, 3.63) is 192 Å². The van der Waals surface area contributed by atoms with Gasteiger partial charge in [0.2, 0.25) is 0 Å². The molecule has 0 radical (unpaired) electrons. The fourth-order valence-electron chi connectivity index (χ4n) is 10.8. The Kier molecular flexibility index (Phi) is 9.72. The summed E-state index contributed by atoms with van der Waals surface area (Å²) in [6.07, 6.45) is 69.8. The van der Waals surface area contributed by atoms with Crippen LogP contribution in [0.25, 0.3) is 17.3 Å². The monoisotopic (exact) mass is 779 g/mol. The molecule has 1 aromatic rings. The number of fused-ring (bicyclic) bond motifs is 5. The Morgan fingerprint density at radius 3 is 2.21 bits per heavy atom. The smallest absolute Gasteiger partial charge is 0.0557 e. The van der Waals surface area contributed by atoms with Crippen molar-refractivity contribution in [3.8, 4) is 0 Å². The highest BCUT2D eigenvalue weighted by molar-refractivity contribution is 8.04. The molecule has 11 rings (SSSR count). The molecular formula is C54H53NS2. The van der Waals surface area contributed by atoms with Crippen LogP contribution in [0.4, 0.5) is 0 Å². The second-order valence-corrected chi connectivity index (χ2v) is 19.5. The molecule has 0 saturated heterocycles. The number of hydrogen-bond acceptors (Lipinski definition) is 3. The van der Waals surface area contributed by atoms with Gasteiger partial charge in [-0.25, -0.2) is 0 Å². The topological polar surface area (TPSA) is 3.24 Å². The van der Waals surface area contributed by atoms with Crippen LogP contribution in [0.5, 0.6) is 0 Å². The summed E-state index contributed by atoms with van der Waals surface area (Å²) < 4.78 is 1.52. The number of nitrogens with zero attached hydrogens (tertiary/aromatic N) is 1. The van der Waals surface area contributed by atoms with E-state index in [1.807, 2.05) is 0 Å². The molecule has 3 heteroatoms. The van der Waals surface area contributed by atoms with Gasteiger partial charge < -0.3 is 4.90 Å². The molecule has 6 unspecified atom stereocenters. The van der Waals surface area contributed by atoms with Crippen LogP contribution in [0.15, 0.2) is 172 Å². The van der Waals surface area contributed by atoms with Crippen LogP contribution in [0.1, 0.15) is 81.1 Å². The summed E-state index contributed by atoms with van der Waals surface area (Å²) in [6, 6.07) is 0.309. The first-order chi connectivity index (χ1) is 28.2. The van der Waals surface area contributed by atoms with Crippen LogP contribution >= 0.6 is 23.1 Å². The summed E-state index contributed by atoms with van der Waals surface area (Å²) in [5.74, 6) is 2.00. The maximum Gasteiger partial charge on any atom is 0.0557 e. The third-order valence-electron chi connectivity index (χ3n) is 13.8. The largest absolute Gasteiger partial charge is 0.337 e. The van der Waals surface area contributed by atoms with Crippen LogP contribution in [0.2, 0.25) is 0 Å². The lowest BCUT2D eigenvalue weighted by Crippen LogP contribution is -2.40. The molecule has 0 amide bonds. The maximum atomic E-state index is 2.77. The summed E-state index contributed by atoms with van der Waals surface area (Å²) in [5, 5.41) is 2.12. The van der Waals surface area contributed by atoms with Crippen LogP contribution in [-0.4, -0.2) is 16.2 Å². The minimum atomic E-state index is 0.309. The molecule has 1 aromatic heterocycles. The first-order valence-electron chi connectivity index (χ1n) is 21.9.